The summed E-state index contributed by atoms with van der Waals surface area (Å²) >= 11 is 0. The predicted octanol–water partition coefficient (Wildman–Crippen LogP) is -1.27. The Morgan fingerprint density at radius 2 is 1.56 bits per heavy atom. The number of hydrogen-bond donors (Lipinski definition) is 1. The van der Waals surface area contributed by atoms with Crippen LogP contribution in [-0.2, 0) is 0 Å². The van der Waals surface area contributed by atoms with Gasteiger partial charge >= 0.3 is 0 Å². The van der Waals surface area contributed by atoms with E-state index in [1.165, 1.54) is 14.1 Å². The molecule has 0 aliphatic rings. The van der Waals surface area contributed by atoms with Gasteiger partial charge in [-0.15, -0.1) is 0 Å². The summed E-state index contributed by atoms with van der Waals surface area (Å²) in [5.41, 5.74) is 0. The first-order valence-electron chi connectivity index (χ1n) is 2.53. The monoisotopic (exact) mass is 133 g/mol. The second-order valence-corrected chi connectivity index (χ2v) is 1.66. The lowest BCUT2D eigenvalue weighted by Gasteiger charge is -2.10. The van der Waals surface area contributed by atoms with Crippen LogP contribution in [0.25, 0.3) is 0 Å². The molecule has 0 aliphatic heterocycles. The standard InChI is InChI=1S/C3H7NO2.C2H7N/c1-4(2)3(5)6;1-3-2/h1-2H3,(H,5,6);3H,1-2H3/p-1. The quantitative estimate of drug-likeness (QED) is 0.448. The molecule has 4 nitrogen and oxygen atoms in total. The molecule has 0 aromatic carbocycles. The normalized spacial score (nSPS) is 7.11. The van der Waals surface area contributed by atoms with E-state index in [2.05, 4.69) is 5.32 Å². The molecule has 1 amide bonds. The Labute approximate surface area is 55.5 Å². The van der Waals surface area contributed by atoms with Crippen molar-refractivity contribution in [3.63, 3.8) is 0 Å². The van der Waals surface area contributed by atoms with Crippen LogP contribution in [0.5, 0.6) is 0 Å². The highest BCUT2D eigenvalue weighted by Gasteiger charge is 1.78. The van der Waals surface area contributed by atoms with Crippen LogP contribution in [0.4, 0.5) is 4.79 Å². The highest BCUT2D eigenvalue weighted by Crippen LogP contribution is 1.64. The van der Waals surface area contributed by atoms with E-state index in [1.807, 2.05) is 14.1 Å². The molecule has 0 spiro atoms. The summed E-state index contributed by atoms with van der Waals surface area (Å²) in [4.78, 5) is 10.5. The number of amides is 1. The maximum atomic E-state index is 9.51. The van der Waals surface area contributed by atoms with Crippen LogP contribution in [0, 0.1) is 0 Å². The molecule has 0 bridgehead atoms. The third-order valence-corrected chi connectivity index (χ3v) is 0.365. The predicted molar refractivity (Wildman–Crippen MR) is 34.1 cm³/mol. The largest absolute Gasteiger partial charge is 0.530 e. The molecule has 0 radical (unpaired) electrons. The van der Waals surface area contributed by atoms with Gasteiger partial charge in [-0.2, -0.15) is 0 Å². The summed E-state index contributed by atoms with van der Waals surface area (Å²) in [5, 5.41) is 12.3. The summed E-state index contributed by atoms with van der Waals surface area (Å²) in [6.07, 6.45) is -1.16. The number of carbonyl (C=O) groups excluding carboxylic acids is 1. The zero-order valence-corrected chi connectivity index (χ0v) is 6.26. The van der Waals surface area contributed by atoms with Crippen LogP contribution in [-0.4, -0.2) is 39.2 Å². The highest BCUT2D eigenvalue weighted by atomic mass is 16.4. The molecular weight excluding hydrogens is 120 g/mol. The second-order valence-electron chi connectivity index (χ2n) is 1.66. The maximum Gasteiger partial charge on any atom is 0.136 e. The van der Waals surface area contributed by atoms with Crippen molar-refractivity contribution in [3.05, 3.63) is 0 Å². The molecule has 0 fully saturated rings. The van der Waals surface area contributed by atoms with Crippen LogP contribution < -0.4 is 10.4 Å². The van der Waals surface area contributed by atoms with E-state index in [0.717, 1.165) is 4.90 Å². The Morgan fingerprint density at radius 3 is 1.56 bits per heavy atom. The van der Waals surface area contributed by atoms with Gasteiger partial charge in [0, 0.05) is 14.1 Å². The van der Waals surface area contributed by atoms with Crippen molar-refractivity contribution in [2.24, 2.45) is 0 Å². The van der Waals surface area contributed by atoms with E-state index in [4.69, 9.17) is 0 Å². The fourth-order valence-electron chi connectivity index (χ4n) is 0. The minimum absolute atomic E-state index is 0.972. The summed E-state index contributed by atoms with van der Waals surface area (Å²) in [5.74, 6) is 0. The SMILES string of the molecule is CN(C)C(=O)[O-].CNC. The molecular formula is C5H13N2O2-. The zero-order valence-electron chi connectivity index (χ0n) is 6.26. The zero-order chi connectivity index (χ0) is 7.86. The van der Waals surface area contributed by atoms with Crippen LogP contribution in [0.1, 0.15) is 0 Å². The molecule has 0 rings (SSSR count). The van der Waals surface area contributed by atoms with Crippen molar-refractivity contribution in [3.8, 4) is 0 Å². The summed E-state index contributed by atoms with van der Waals surface area (Å²) in [7, 11) is 6.57. The molecule has 0 atom stereocenters. The third-order valence-electron chi connectivity index (χ3n) is 0.365. The Morgan fingerprint density at radius 1 is 1.44 bits per heavy atom. The van der Waals surface area contributed by atoms with Crippen molar-refractivity contribution in [2.75, 3.05) is 28.2 Å². The number of nitrogens with zero attached hydrogens (tertiary/aromatic N) is 1. The van der Waals surface area contributed by atoms with Crippen LogP contribution in [0.15, 0.2) is 0 Å². The van der Waals surface area contributed by atoms with E-state index in [-0.39, 0.29) is 0 Å². The van der Waals surface area contributed by atoms with Gasteiger partial charge in [0.2, 0.25) is 0 Å². The Balaban J connectivity index is 0. The lowest BCUT2D eigenvalue weighted by Crippen LogP contribution is -2.35. The van der Waals surface area contributed by atoms with Gasteiger partial charge in [0.15, 0.2) is 0 Å². The topological polar surface area (TPSA) is 55.4 Å². The van der Waals surface area contributed by atoms with Gasteiger partial charge in [-0.05, 0) is 14.1 Å². The molecule has 0 saturated carbocycles. The van der Waals surface area contributed by atoms with Crippen molar-refractivity contribution in [1.82, 2.24) is 10.2 Å². The number of carboxylic acid groups (broad SMARTS) is 1. The average molecular weight is 133 g/mol. The molecule has 0 aromatic heterocycles. The summed E-state index contributed by atoms with van der Waals surface area (Å²) in [6, 6.07) is 0. The number of rotatable bonds is 0. The van der Waals surface area contributed by atoms with E-state index >= 15 is 0 Å². The minimum atomic E-state index is -1.16. The van der Waals surface area contributed by atoms with Crippen LogP contribution in [0.3, 0.4) is 0 Å². The molecule has 0 heterocycles. The van der Waals surface area contributed by atoms with E-state index in [1.54, 1.807) is 0 Å². The first-order valence-corrected chi connectivity index (χ1v) is 2.53. The Kier molecular flexibility index (Phi) is 8.90. The number of nitrogens with one attached hydrogen (secondary N) is 1. The Hall–Kier alpha value is -0.770. The minimum Gasteiger partial charge on any atom is -0.530 e. The van der Waals surface area contributed by atoms with Crippen molar-refractivity contribution in [1.29, 1.82) is 0 Å². The average Bonchev–Trinajstić information content (AvgIpc) is 1.68. The molecule has 0 aromatic rings. The van der Waals surface area contributed by atoms with Gasteiger partial charge < -0.3 is 20.1 Å². The second kappa shape index (κ2) is 7.23. The van der Waals surface area contributed by atoms with Gasteiger partial charge in [0.25, 0.3) is 0 Å². The maximum absolute atomic E-state index is 9.51. The lowest BCUT2D eigenvalue weighted by atomic mass is 10.9. The Bertz CT molecular complexity index is 73.4. The van der Waals surface area contributed by atoms with Crippen LogP contribution >= 0.6 is 0 Å². The highest BCUT2D eigenvalue weighted by molar-refractivity contribution is 5.61. The van der Waals surface area contributed by atoms with Gasteiger partial charge in [0.05, 0.1) is 0 Å². The van der Waals surface area contributed by atoms with Crippen molar-refractivity contribution < 1.29 is 9.90 Å². The van der Waals surface area contributed by atoms with E-state index in [0.29, 0.717) is 0 Å². The van der Waals surface area contributed by atoms with Gasteiger partial charge in [-0.3, -0.25) is 0 Å². The molecule has 0 aliphatic carbocycles. The number of hydrogen-bond acceptors (Lipinski definition) is 3. The summed E-state index contributed by atoms with van der Waals surface area (Å²) < 4.78 is 0. The fraction of sp³-hybridized carbons (Fsp3) is 0.800. The number of carbonyl (C=O) groups is 1. The van der Waals surface area contributed by atoms with Gasteiger partial charge in [-0.25, -0.2) is 0 Å². The lowest BCUT2D eigenvalue weighted by molar-refractivity contribution is -0.262. The summed E-state index contributed by atoms with van der Waals surface area (Å²) in [6.45, 7) is 0. The van der Waals surface area contributed by atoms with Crippen molar-refractivity contribution >= 4 is 6.09 Å². The molecule has 1 N–H and O–H groups in total. The van der Waals surface area contributed by atoms with Crippen LogP contribution in [0.2, 0.25) is 0 Å². The molecule has 4 heteroatoms. The molecule has 0 unspecified atom stereocenters. The van der Waals surface area contributed by atoms with Gasteiger partial charge in [-0.1, -0.05) is 0 Å². The first-order chi connectivity index (χ1) is 4.06. The smallest absolute Gasteiger partial charge is 0.136 e. The van der Waals surface area contributed by atoms with Crippen molar-refractivity contribution in [2.45, 2.75) is 0 Å². The molecule has 9 heavy (non-hydrogen) atoms. The van der Waals surface area contributed by atoms with E-state index < -0.39 is 6.09 Å². The fourth-order valence-corrected chi connectivity index (χ4v) is 0. The molecule has 0 saturated heterocycles. The first kappa shape index (κ1) is 11.1. The van der Waals surface area contributed by atoms with E-state index in [9.17, 15) is 9.90 Å². The third kappa shape index (κ3) is 19.0. The molecule has 56 valence electrons. The van der Waals surface area contributed by atoms with Gasteiger partial charge in [0.1, 0.15) is 6.09 Å².